The molecule has 1 saturated heterocycles. The number of hydrogen-bond donors (Lipinski definition) is 1. The molecule has 0 atom stereocenters. The van der Waals surface area contributed by atoms with Crippen LogP contribution in [0.25, 0.3) is 28.3 Å². The maximum Gasteiger partial charge on any atom is 0.492 e. The molecule has 1 N–H and O–H groups in total. The van der Waals surface area contributed by atoms with Gasteiger partial charge in [0.1, 0.15) is 6.61 Å². The predicted molar refractivity (Wildman–Crippen MR) is 172 cm³/mol. The van der Waals surface area contributed by atoms with Crippen LogP contribution in [0.15, 0.2) is 96.5 Å². The van der Waals surface area contributed by atoms with E-state index in [1.54, 1.807) is 0 Å². The molecule has 1 fully saturated rings. The van der Waals surface area contributed by atoms with Gasteiger partial charge >= 0.3 is 13.2 Å². The molecule has 0 radical (unpaired) electrons. The summed E-state index contributed by atoms with van der Waals surface area (Å²) in [5.41, 5.74) is 10.9. The van der Waals surface area contributed by atoms with Crippen molar-refractivity contribution in [2.24, 2.45) is 0 Å². The standard InChI is InChI=1S/C37H36BNO4/c1-36(2)37(3,4)43-38(42-36)27(20-24-17-18-29-26(19-24)21-25-11-5-6-12-28(25)29)22-39-35(40)41-23-34-32-15-9-7-13-30(32)31-14-8-10-16-33(31)34/h5-20,34H,21-23H2,1-4H3,(H,39,40). The van der Waals surface area contributed by atoms with Gasteiger partial charge in [-0.2, -0.15) is 0 Å². The van der Waals surface area contributed by atoms with E-state index in [2.05, 4.69) is 90.3 Å². The van der Waals surface area contributed by atoms with Crippen molar-refractivity contribution in [3.63, 3.8) is 0 Å². The van der Waals surface area contributed by atoms with Crippen molar-refractivity contribution in [1.82, 2.24) is 5.32 Å². The molecule has 216 valence electrons. The zero-order valence-corrected chi connectivity index (χ0v) is 25.1. The summed E-state index contributed by atoms with van der Waals surface area (Å²) >= 11 is 0. The first-order chi connectivity index (χ1) is 20.7. The van der Waals surface area contributed by atoms with Crippen LogP contribution in [0.2, 0.25) is 0 Å². The van der Waals surface area contributed by atoms with Crippen molar-refractivity contribution in [2.75, 3.05) is 13.2 Å². The second-order valence-corrected chi connectivity index (χ2v) is 12.7. The first kappa shape index (κ1) is 27.7. The van der Waals surface area contributed by atoms with E-state index in [-0.39, 0.29) is 19.1 Å². The van der Waals surface area contributed by atoms with E-state index in [0.717, 1.165) is 17.5 Å². The number of hydrogen-bond acceptors (Lipinski definition) is 4. The first-order valence-electron chi connectivity index (χ1n) is 15.1. The largest absolute Gasteiger partial charge is 0.492 e. The maximum absolute atomic E-state index is 13.1. The Labute approximate surface area is 254 Å². The topological polar surface area (TPSA) is 56.8 Å². The van der Waals surface area contributed by atoms with E-state index in [4.69, 9.17) is 14.0 Å². The van der Waals surface area contributed by atoms with E-state index in [1.807, 2.05) is 39.8 Å². The Kier molecular flexibility index (Phi) is 6.79. The number of carbonyl (C=O) groups is 1. The summed E-state index contributed by atoms with van der Waals surface area (Å²) in [6, 6.07) is 31.8. The minimum Gasteiger partial charge on any atom is -0.449 e. The number of ether oxygens (including phenoxy) is 1. The zero-order chi connectivity index (χ0) is 29.8. The number of fused-ring (bicyclic) bond motifs is 6. The zero-order valence-electron chi connectivity index (χ0n) is 25.1. The summed E-state index contributed by atoms with van der Waals surface area (Å²) in [6.45, 7) is 8.66. The molecule has 0 aromatic heterocycles. The Bertz CT molecular complexity index is 1700. The van der Waals surface area contributed by atoms with Crippen molar-refractivity contribution in [3.8, 4) is 22.3 Å². The molecule has 7 rings (SSSR count). The van der Waals surface area contributed by atoms with Crippen LogP contribution < -0.4 is 5.32 Å². The second kappa shape index (κ2) is 10.5. The first-order valence-corrected chi connectivity index (χ1v) is 15.1. The fourth-order valence-corrected chi connectivity index (χ4v) is 6.49. The summed E-state index contributed by atoms with van der Waals surface area (Å²) in [7, 11) is -0.593. The maximum atomic E-state index is 13.1. The Balaban J connectivity index is 1.09. The minimum absolute atomic E-state index is 0.00629. The lowest BCUT2D eigenvalue weighted by Gasteiger charge is -2.32. The van der Waals surface area contributed by atoms with E-state index in [1.165, 1.54) is 44.5 Å². The molecule has 1 amide bonds. The van der Waals surface area contributed by atoms with Crippen LogP contribution in [-0.4, -0.2) is 37.6 Å². The summed E-state index contributed by atoms with van der Waals surface area (Å²) in [6.07, 6.45) is 2.53. The fraction of sp³-hybridized carbons (Fsp3) is 0.270. The molecular weight excluding hydrogens is 533 g/mol. The number of nitrogens with one attached hydrogen (secondary N) is 1. The second-order valence-electron chi connectivity index (χ2n) is 12.7. The third kappa shape index (κ3) is 4.99. The van der Waals surface area contributed by atoms with Crippen LogP contribution in [0.1, 0.15) is 61.4 Å². The van der Waals surface area contributed by atoms with Gasteiger partial charge < -0.3 is 19.4 Å². The minimum atomic E-state index is -0.593. The van der Waals surface area contributed by atoms with Gasteiger partial charge in [0.05, 0.1) is 11.2 Å². The van der Waals surface area contributed by atoms with Crippen molar-refractivity contribution in [3.05, 3.63) is 124 Å². The monoisotopic (exact) mass is 569 g/mol. The lowest BCUT2D eigenvalue weighted by molar-refractivity contribution is 0.00578. The number of benzene rings is 4. The summed E-state index contributed by atoms with van der Waals surface area (Å²) in [5.74, 6) is 0.00629. The van der Waals surface area contributed by atoms with Gasteiger partial charge in [-0.25, -0.2) is 4.79 Å². The van der Waals surface area contributed by atoms with Crippen LogP contribution in [0.4, 0.5) is 4.79 Å². The normalized spacial score (nSPS) is 17.7. The third-order valence-corrected chi connectivity index (χ3v) is 9.51. The number of amides is 1. The van der Waals surface area contributed by atoms with Crippen LogP contribution in [-0.2, 0) is 20.5 Å². The number of carbonyl (C=O) groups excluding carboxylic acids is 1. The highest BCUT2D eigenvalue weighted by molar-refractivity contribution is 6.56. The van der Waals surface area contributed by atoms with E-state index in [9.17, 15) is 4.79 Å². The molecule has 43 heavy (non-hydrogen) atoms. The molecule has 0 spiro atoms. The molecule has 5 nitrogen and oxygen atoms in total. The molecule has 1 aliphatic heterocycles. The number of alkyl carbamates (subject to hydrolysis) is 1. The molecule has 6 heteroatoms. The lowest BCUT2D eigenvalue weighted by atomic mass is 9.77. The Morgan fingerprint density at radius 3 is 2.07 bits per heavy atom. The van der Waals surface area contributed by atoms with Crippen LogP contribution in [0.3, 0.4) is 0 Å². The molecule has 1 heterocycles. The van der Waals surface area contributed by atoms with Gasteiger partial charge in [0, 0.05) is 12.5 Å². The highest BCUT2D eigenvalue weighted by Crippen LogP contribution is 2.45. The van der Waals surface area contributed by atoms with Gasteiger partial charge in [0.25, 0.3) is 0 Å². The van der Waals surface area contributed by atoms with Gasteiger partial charge in [-0.05, 0) is 89.7 Å². The average molecular weight is 570 g/mol. The van der Waals surface area contributed by atoms with E-state index >= 15 is 0 Å². The molecule has 0 saturated carbocycles. The Morgan fingerprint density at radius 2 is 1.40 bits per heavy atom. The quantitative estimate of drug-likeness (QED) is 0.212. The van der Waals surface area contributed by atoms with E-state index in [0.29, 0.717) is 0 Å². The summed E-state index contributed by atoms with van der Waals surface area (Å²) in [4.78, 5) is 13.1. The van der Waals surface area contributed by atoms with E-state index < -0.39 is 24.4 Å². The third-order valence-electron chi connectivity index (χ3n) is 9.51. The smallest absolute Gasteiger partial charge is 0.449 e. The van der Waals surface area contributed by atoms with Crippen molar-refractivity contribution in [1.29, 1.82) is 0 Å². The van der Waals surface area contributed by atoms with Crippen LogP contribution >= 0.6 is 0 Å². The predicted octanol–water partition coefficient (Wildman–Crippen LogP) is 7.81. The molecular formula is C37H36BNO4. The van der Waals surface area contributed by atoms with Gasteiger partial charge in [-0.3, -0.25) is 0 Å². The van der Waals surface area contributed by atoms with Crippen LogP contribution in [0, 0.1) is 0 Å². The SMILES string of the molecule is CC1(C)OB(C(=Cc2ccc3c(c2)Cc2ccccc2-3)CNC(=O)OCC2c3ccccc3-c3ccccc32)OC1(C)C. The van der Waals surface area contributed by atoms with Gasteiger partial charge in [-0.15, -0.1) is 0 Å². The van der Waals surface area contributed by atoms with Crippen molar-refractivity contribution < 1.29 is 18.8 Å². The van der Waals surface area contributed by atoms with Crippen molar-refractivity contribution in [2.45, 2.75) is 51.2 Å². The molecule has 0 bridgehead atoms. The van der Waals surface area contributed by atoms with Crippen LogP contribution in [0.5, 0.6) is 0 Å². The molecule has 3 aliphatic rings. The molecule has 4 aromatic carbocycles. The molecule has 2 aliphatic carbocycles. The van der Waals surface area contributed by atoms with Gasteiger partial charge in [-0.1, -0.05) is 97.1 Å². The highest BCUT2D eigenvalue weighted by Gasteiger charge is 2.52. The lowest BCUT2D eigenvalue weighted by Crippen LogP contribution is -2.41. The molecule has 0 unspecified atom stereocenters. The van der Waals surface area contributed by atoms with Gasteiger partial charge in [0.15, 0.2) is 0 Å². The summed E-state index contributed by atoms with van der Waals surface area (Å²) in [5, 5.41) is 2.98. The number of rotatable bonds is 6. The van der Waals surface area contributed by atoms with Gasteiger partial charge in [0.2, 0.25) is 0 Å². The molecule has 4 aromatic rings. The average Bonchev–Trinajstić information content (AvgIpc) is 3.59. The fourth-order valence-electron chi connectivity index (χ4n) is 6.49. The highest BCUT2D eigenvalue weighted by atomic mass is 16.7. The Morgan fingerprint density at radius 1 is 0.814 bits per heavy atom. The van der Waals surface area contributed by atoms with Crippen molar-refractivity contribution >= 4 is 19.3 Å². The summed E-state index contributed by atoms with van der Waals surface area (Å²) < 4.78 is 18.6. The Hall–Kier alpha value is -4.13.